The van der Waals surface area contributed by atoms with E-state index in [1.54, 1.807) is 0 Å². The van der Waals surface area contributed by atoms with Crippen molar-refractivity contribution in [1.29, 1.82) is 0 Å². The average molecular weight is 516 g/mol. The van der Waals surface area contributed by atoms with Crippen LogP contribution in [0, 0.1) is 10.8 Å². The molecule has 1 aliphatic carbocycles. The summed E-state index contributed by atoms with van der Waals surface area (Å²) in [4.78, 5) is 18.1. The Morgan fingerprint density at radius 1 is 1.11 bits per heavy atom. The zero-order valence-electron chi connectivity index (χ0n) is 21.5. The minimum Gasteiger partial charge on any atom is -0.338 e. The van der Waals surface area contributed by atoms with Gasteiger partial charge in [-0.15, -0.1) is 10.2 Å². The van der Waals surface area contributed by atoms with Crippen LogP contribution in [0.4, 0.5) is 0 Å². The number of hydrogen-bond donors (Lipinski definition) is 0. The molecule has 2 aliphatic heterocycles. The first-order chi connectivity index (χ1) is 16.6. The van der Waals surface area contributed by atoms with E-state index < -0.39 is 0 Å². The van der Waals surface area contributed by atoms with Crippen molar-refractivity contribution in [3.8, 4) is 5.69 Å². The van der Waals surface area contributed by atoms with Crippen LogP contribution in [0.25, 0.3) is 5.69 Å². The smallest absolute Gasteiger partial charge is 0.233 e. The molecule has 8 heteroatoms. The lowest BCUT2D eigenvalue weighted by atomic mass is 9.65. The second-order valence-corrected chi connectivity index (χ2v) is 13.3. The molecule has 2 aromatic rings. The summed E-state index contributed by atoms with van der Waals surface area (Å²) in [6, 6.07) is 8.34. The average Bonchev–Trinajstić information content (AvgIpc) is 3.35. The van der Waals surface area contributed by atoms with Crippen molar-refractivity contribution in [3.05, 3.63) is 35.1 Å². The minimum absolute atomic E-state index is 0.156. The van der Waals surface area contributed by atoms with E-state index in [4.69, 9.17) is 11.6 Å². The summed E-state index contributed by atoms with van der Waals surface area (Å²) in [5.74, 6) is 1.53. The number of thioether (sulfide) groups is 1. The minimum atomic E-state index is 0.156. The van der Waals surface area contributed by atoms with E-state index >= 15 is 0 Å². The highest BCUT2D eigenvalue weighted by atomic mass is 35.5. The zero-order valence-corrected chi connectivity index (χ0v) is 23.0. The number of fused-ring (bicyclic) bond motifs is 2. The molecule has 1 amide bonds. The molecular weight excluding hydrogens is 478 g/mol. The van der Waals surface area contributed by atoms with Gasteiger partial charge in [-0.1, -0.05) is 50.6 Å². The molecule has 3 atom stereocenters. The summed E-state index contributed by atoms with van der Waals surface area (Å²) >= 11 is 7.69. The van der Waals surface area contributed by atoms with Crippen molar-refractivity contribution >= 4 is 29.3 Å². The first-order valence-corrected chi connectivity index (χ1v) is 14.4. The topological polar surface area (TPSA) is 54.3 Å². The van der Waals surface area contributed by atoms with Gasteiger partial charge in [0.25, 0.3) is 0 Å². The van der Waals surface area contributed by atoms with Gasteiger partial charge in [0.1, 0.15) is 0 Å². The number of likely N-dealkylation sites (tertiary alicyclic amines) is 2. The Hall–Kier alpha value is -1.57. The number of nitrogens with zero attached hydrogens (tertiary/aromatic N) is 5. The van der Waals surface area contributed by atoms with Gasteiger partial charge in [0.05, 0.1) is 11.8 Å². The Balaban J connectivity index is 1.36. The molecule has 1 aromatic carbocycles. The van der Waals surface area contributed by atoms with Crippen molar-refractivity contribution in [2.75, 3.05) is 25.4 Å². The number of piperidine rings is 1. The SMILES string of the molecule is C[C@H](c1nnc(SCC(=O)N2C[C@@]3(C)C[C@H]2CC(C)(C)C3)n1-c1ccc(Cl)cc1)N1CCCCC1. The van der Waals surface area contributed by atoms with Gasteiger partial charge in [-0.05, 0) is 87.2 Å². The number of aromatic nitrogens is 3. The van der Waals surface area contributed by atoms with Crippen LogP contribution in [0.2, 0.25) is 5.02 Å². The number of rotatable bonds is 6. The lowest BCUT2D eigenvalue weighted by Crippen LogP contribution is -2.38. The van der Waals surface area contributed by atoms with Gasteiger partial charge in [0.2, 0.25) is 5.91 Å². The Morgan fingerprint density at radius 2 is 1.83 bits per heavy atom. The Bertz CT molecular complexity index is 1060. The van der Waals surface area contributed by atoms with Crippen LogP contribution in [0.3, 0.4) is 0 Å². The van der Waals surface area contributed by atoms with Gasteiger partial charge in [-0.2, -0.15) is 0 Å². The van der Waals surface area contributed by atoms with Crippen molar-refractivity contribution < 1.29 is 4.79 Å². The van der Waals surface area contributed by atoms with Gasteiger partial charge >= 0.3 is 0 Å². The number of carbonyl (C=O) groups excluding carboxylic acids is 1. The highest BCUT2D eigenvalue weighted by Gasteiger charge is 2.50. The van der Waals surface area contributed by atoms with Crippen LogP contribution in [0.15, 0.2) is 29.4 Å². The highest BCUT2D eigenvalue weighted by Crippen LogP contribution is 2.52. The molecule has 1 saturated carbocycles. The largest absolute Gasteiger partial charge is 0.338 e. The van der Waals surface area contributed by atoms with E-state index in [1.807, 2.05) is 24.3 Å². The zero-order chi connectivity index (χ0) is 24.8. The number of carbonyl (C=O) groups is 1. The van der Waals surface area contributed by atoms with E-state index in [1.165, 1.54) is 37.4 Å². The van der Waals surface area contributed by atoms with Crippen LogP contribution < -0.4 is 0 Å². The van der Waals surface area contributed by atoms with Crippen LogP contribution >= 0.6 is 23.4 Å². The summed E-state index contributed by atoms with van der Waals surface area (Å²) in [5.41, 5.74) is 1.53. The number of amides is 1. The molecule has 2 bridgehead atoms. The van der Waals surface area contributed by atoms with Crippen molar-refractivity contribution in [2.45, 2.75) is 83.5 Å². The fourth-order valence-corrected chi connectivity index (χ4v) is 7.88. The van der Waals surface area contributed by atoms with Gasteiger partial charge in [0, 0.05) is 23.3 Å². The van der Waals surface area contributed by atoms with Crippen molar-refractivity contribution in [1.82, 2.24) is 24.6 Å². The lowest BCUT2D eigenvalue weighted by molar-refractivity contribution is -0.129. The molecule has 5 rings (SSSR count). The molecule has 190 valence electrons. The molecule has 6 nitrogen and oxygen atoms in total. The maximum atomic E-state index is 13.4. The Labute approximate surface area is 218 Å². The van der Waals surface area contributed by atoms with Crippen molar-refractivity contribution in [2.24, 2.45) is 10.8 Å². The number of benzene rings is 1. The molecule has 0 radical (unpaired) electrons. The molecule has 0 N–H and O–H groups in total. The molecule has 3 heterocycles. The van der Waals surface area contributed by atoms with E-state index in [-0.39, 0.29) is 17.4 Å². The van der Waals surface area contributed by atoms with Gasteiger partial charge in [-0.25, -0.2) is 0 Å². The summed E-state index contributed by atoms with van der Waals surface area (Å²) < 4.78 is 2.13. The van der Waals surface area contributed by atoms with Crippen LogP contribution in [0.1, 0.15) is 78.1 Å². The summed E-state index contributed by atoms with van der Waals surface area (Å²) in [6.45, 7) is 12.3. The third kappa shape index (κ3) is 5.28. The van der Waals surface area contributed by atoms with Crippen molar-refractivity contribution in [3.63, 3.8) is 0 Å². The second kappa shape index (κ2) is 9.71. The van der Waals surface area contributed by atoms with Crippen LogP contribution in [0.5, 0.6) is 0 Å². The predicted molar refractivity (Wildman–Crippen MR) is 142 cm³/mol. The number of hydrogen-bond acceptors (Lipinski definition) is 5. The van der Waals surface area contributed by atoms with Crippen LogP contribution in [-0.4, -0.2) is 61.9 Å². The summed E-state index contributed by atoms with van der Waals surface area (Å²) in [5, 5.41) is 10.7. The third-order valence-electron chi connectivity index (χ3n) is 8.12. The lowest BCUT2D eigenvalue weighted by Gasteiger charge is -2.39. The fourth-order valence-electron chi connectivity index (χ4n) is 6.91. The fraction of sp³-hybridized carbons (Fsp3) is 0.667. The molecule has 0 unspecified atom stereocenters. The molecule has 1 aromatic heterocycles. The molecule has 35 heavy (non-hydrogen) atoms. The summed E-state index contributed by atoms with van der Waals surface area (Å²) in [7, 11) is 0. The molecule has 2 saturated heterocycles. The van der Waals surface area contributed by atoms with Gasteiger partial charge in [0.15, 0.2) is 11.0 Å². The first kappa shape index (κ1) is 25.1. The normalized spacial score (nSPS) is 27.2. The molecular formula is C27H38ClN5OS. The standard InChI is InChI=1S/C27H38ClN5OS/c1-19(31-12-6-5-7-13-31)24-29-30-25(33(24)21-10-8-20(28)9-11-21)35-16-23(34)32-18-27(4)15-22(32)14-26(2,3)17-27/h8-11,19,22H,5-7,12-18H2,1-4H3/t19-,22-,27+/m1/s1. The van der Waals surface area contributed by atoms with E-state index in [2.05, 4.69) is 52.3 Å². The summed E-state index contributed by atoms with van der Waals surface area (Å²) in [6.07, 6.45) is 7.16. The maximum Gasteiger partial charge on any atom is 0.233 e. The van der Waals surface area contributed by atoms with Crippen LogP contribution in [-0.2, 0) is 4.79 Å². The van der Waals surface area contributed by atoms with E-state index in [9.17, 15) is 4.79 Å². The van der Waals surface area contributed by atoms with Gasteiger partial charge in [-0.3, -0.25) is 14.3 Å². The molecule has 3 aliphatic rings. The Morgan fingerprint density at radius 3 is 2.54 bits per heavy atom. The quantitative estimate of drug-likeness (QED) is 0.442. The Kier molecular flexibility index (Phi) is 6.96. The maximum absolute atomic E-state index is 13.4. The third-order valence-corrected chi connectivity index (χ3v) is 9.28. The predicted octanol–water partition coefficient (Wildman–Crippen LogP) is 5.99. The highest BCUT2D eigenvalue weighted by molar-refractivity contribution is 7.99. The monoisotopic (exact) mass is 515 g/mol. The number of halogens is 1. The molecule has 0 spiro atoms. The molecule has 3 fully saturated rings. The first-order valence-electron chi connectivity index (χ1n) is 13.0. The van der Waals surface area contributed by atoms with E-state index in [0.717, 1.165) is 49.1 Å². The van der Waals surface area contributed by atoms with Gasteiger partial charge < -0.3 is 4.90 Å². The van der Waals surface area contributed by atoms with E-state index in [0.29, 0.717) is 22.2 Å². The second-order valence-electron chi connectivity index (χ2n) is 11.9.